The van der Waals surface area contributed by atoms with E-state index in [0.29, 0.717) is 28.7 Å². The van der Waals surface area contributed by atoms with Crippen LogP contribution >= 0.6 is 11.8 Å². The summed E-state index contributed by atoms with van der Waals surface area (Å²) in [6.45, 7) is -3.03. The number of hydrogen-bond acceptors (Lipinski definition) is 6. The van der Waals surface area contributed by atoms with E-state index in [1.54, 1.807) is 4.90 Å². The van der Waals surface area contributed by atoms with Gasteiger partial charge in [-0.1, -0.05) is 6.42 Å². The second-order valence-corrected chi connectivity index (χ2v) is 7.86. The molecule has 0 spiro atoms. The molecule has 10 heteroatoms. The van der Waals surface area contributed by atoms with Gasteiger partial charge in [0.1, 0.15) is 11.8 Å². The van der Waals surface area contributed by atoms with Crippen LogP contribution in [0, 0.1) is 5.92 Å². The fourth-order valence-electron chi connectivity index (χ4n) is 3.38. The van der Waals surface area contributed by atoms with E-state index in [1.165, 1.54) is 23.9 Å². The Kier molecular flexibility index (Phi) is 5.47. The molecule has 28 heavy (non-hydrogen) atoms. The fourth-order valence-corrected chi connectivity index (χ4v) is 4.54. The Morgan fingerprint density at radius 1 is 1.29 bits per heavy atom. The van der Waals surface area contributed by atoms with Crippen molar-refractivity contribution >= 4 is 23.6 Å². The topological polar surface area (TPSA) is 77.1 Å². The van der Waals surface area contributed by atoms with Gasteiger partial charge in [-0.2, -0.15) is 8.78 Å². The van der Waals surface area contributed by atoms with Crippen LogP contribution in [0.2, 0.25) is 0 Å². The van der Waals surface area contributed by atoms with Gasteiger partial charge in [-0.3, -0.25) is 9.59 Å². The van der Waals surface area contributed by atoms with Crippen LogP contribution in [0.4, 0.5) is 8.78 Å². The Labute approximate surface area is 164 Å². The predicted octanol–water partition coefficient (Wildman–Crippen LogP) is 2.33. The summed E-state index contributed by atoms with van der Waals surface area (Å²) in [4.78, 5) is 26.8. The van der Waals surface area contributed by atoms with Gasteiger partial charge in [0, 0.05) is 29.8 Å². The number of benzene rings is 1. The number of rotatable bonds is 6. The molecule has 1 saturated carbocycles. The third-order valence-corrected chi connectivity index (χ3v) is 6.16. The molecule has 4 rings (SSSR count). The normalized spacial score (nSPS) is 21.0. The molecule has 1 N–H and O–H groups in total. The molecule has 1 saturated heterocycles. The maximum absolute atomic E-state index is 12.7. The number of halogens is 2. The van der Waals surface area contributed by atoms with Crippen LogP contribution in [0.3, 0.4) is 0 Å². The zero-order chi connectivity index (χ0) is 19.7. The molecule has 2 aliphatic heterocycles. The number of nitrogens with one attached hydrogen (secondary N) is 1. The van der Waals surface area contributed by atoms with Gasteiger partial charge < -0.3 is 24.4 Å². The van der Waals surface area contributed by atoms with Gasteiger partial charge >= 0.3 is 6.61 Å². The smallest absolute Gasteiger partial charge is 0.387 e. The molecular formula is C18H20F2N2O5S. The minimum atomic E-state index is -3.00. The molecule has 1 aromatic rings. The van der Waals surface area contributed by atoms with Gasteiger partial charge in [0.2, 0.25) is 18.6 Å². The van der Waals surface area contributed by atoms with E-state index in [4.69, 9.17) is 9.47 Å². The Morgan fingerprint density at radius 3 is 2.71 bits per heavy atom. The van der Waals surface area contributed by atoms with E-state index < -0.39 is 12.7 Å². The van der Waals surface area contributed by atoms with Crippen molar-refractivity contribution in [3.8, 4) is 17.2 Å². The molecular weight excluding hydrogens is 394 g/mol. The van der Waals surface area contributed by atoms with Gasteiger partial charge in [-0.15, -0.1) is 11.8 Å². The van der Waals surface area contributed by atoms with Crippen LogP contribution in [-0.4, -0.2) is 47.8 Å². The van der Waals surface area contributed by atoms with Crippen molar-refractivity contribution < 1.29 is 32.6 Å². The number of alkyl halides is 2. The molecule has 152 valence electrons. The van der Waals surface area contributed by atoms with Crippen LogP contribution in [-0.2, 0) is 16.1 Å². The maximum Gasteiger partial charge on any atom is 0.387 e. The van der Waals surface area contributed by atoms with E-state index in [1.807, 2.05) is 0 Å². The number of carbonyl (C=O) groups is 2. The van der Waals surface area contributed by atoms with Crippen molar-refractivity contribution in [1.29, 1.82) is 0 Å². The molecule has 0 bridgehead atoms. The Morgan fingerprint density at radius 2 is 2.04 bits per heavy atom. The number of carbonyl (C=O) groups excluding carboxylic acids is 2. The highest BCUT2D eigenvalue weighted by atomic mass is 32.2. The van der Waals surface area contributed by atoms with Gasteiger partial charge in [0.15, 0.2) is 11.5 Å². The molecule has 2 heterocycles. The summed E-state index contributed by atoms with van der Waals surface area (Å²) in [6, 6.07) is 2.29. The number of hydrogen-bond donors (Lipinski definition) is 1. The van der Waals surface area contributed by atoms with Crippen molar-refractivity contribution in [3.05, 3.63) is 17.7 Å². The minimum Gasteiger partial charge on any atom is -0.454 e. The van der Waals surface area contributed by atoms with Crippen molar-refractivity contribution in [3.63, 3.8) is 0 Å². The highest BCUT2D eigenvalue weighted by Gasteiger charge is 2.39. The number of thioether (sulfide) groups is 1. The zero-order valence-corrected chi connectivity index (χ0v) is 15.8. The first-order valence-electron chi connectivity index (χ1n) is 9.06. The molecule has 2 amide bonds. The number of nitrogens with zero attached hydrogens (tertiary/aromatic N) is 1. The first-order chi connectivity index (χ1) is 13.5. The zero-order valence-electron chi connectivity index (χ0n) is 15.0. The first-order valence-corrected chi connectivity index (χ1v) is 10.2. The maximum atomic E-state index is 12.7. The predicted molar refractivity (Wildman–Crippen MR) is 96.3 cm³/mol. The quantitative estimate of drug-likeness (QED) is 0.770. The molecule has 2 fully saturated rings. The van der Waals surface area contributed by atoms with Crippen molar-refractivity contribution in [2.24, 2.45) is 5.92 Å². The monoisotopic (exact) mass is 414 g/mol. The van der Waals surface area contributed by atoms with E-state index in [0.717, 1.165) is 19.3 Å². The minimum absolute atomic E-state index is 0.00317. The van der Waals surface area contributed by atoms with Crippen molar-refractivity contribution in [2.75, 3.05) is 18.4 Å². The Balaban J connectivity index is 1.43. The lowest BCUT2D eigenvalue weighted by Crippen LogP contribution is -2.49. The van der Waals surface area contributed by atoms with Crippen molar-refractivity contribution in [1.82, 2.24) is 10.2 Å². The van der Waals surface area contributed by atoms with Gasteiger partial charge in [0.05, 0.1) is 5.88 Å². The molecule has 0 radical (unpaired) electrons. The molecule has 3 aliphatic rings. The fraction of sp³-hybridized carbons (Fsp3) is 0.556. The van der Waals surface area contributed by atoms with Gasteiger partial charge in [-0.05, 0) is 18.9 Å². The average molecular weight is 414 g/mol. The van der Waals surface area contributed by atoms with E-state index >= 15 is 0 Å². The summed E-state index contributed by atoms with van der Waals surface area (Å²) in [7, 11) is 0. The third-order valence-electron chi connectivity index (χ3n) is 5.15. The summed E-state index contributed by atoms with van der Waals surface area (Å²) >= 11 is 1.53. The lowest BCUT2D eigenvalue weighted by Gasteiger charge is -2.31. The highest BCUT2D eigenvalue weighted by Crippen LogP contribution is 2.39. The van der Waals surface area contributed by atoms with Crippen molar-refractivity contribution in [2.45, 2.75) is 38.5 Å². The summed E-state index contributed by atoms with van der Waals surface area (Å²) in [5.41, 5.74) is 0.348. The van der Waals surface area contributed by atoms with Crippen LogP contribution in [0.1, 0.15) is 24.8 Å². The molecule has 7 nitrogen and oxygen atoms in total. The van der Waals surface area contributed by atoms with Crippen LogP contribution in [0.15, 0.2) is 12.1 Å². The van der Waals surface area contributed by atoms with E-state index in [9.17, 15) is 18.4 Å². The van der Waals surface area contributed by atoms with E-state index in [2.05, 4.69) is 10.1 Å². The second kappa shape index (κ2) is 8.02. The molecule has 1 aromatic carbocycles. The van der Waals surface area contributed by atoms with Gasteiger partial charge in [-0.25, -0.2) is 0 Å². The standard InChI is InChI=1S/C18H20F2N2O5S/c19-18(20)27-13-5-15-14(25-9-26-15)4-11(13)6-21-16(23)12-7-28-8-22(12)17(24)10-2-1-3-10/h4-5,10,12,18H,1-3,6-9H2,(H,21,23)/t12-/m0/s1. The first kappa shape index (κ1) is 19.1. The summed E-state index contributed by atoms with van der Waals surface area (Å²) < 4.78 is 40.4. The Hall–Kier alpha value is -2.23. The van der Waals surface area contributed by atoms with Crippen LogP contribution < -0.4 is 19.5 Å². The molecule has 0 unspecified atom stereocenters. The SMILES string of the molecule is O=C(NCc1cc2c(cc1OC(F)F)OCO2)[C@@H]1CSCN1C(=O)C1CCC1. The van der Waals surface area contributed by atoms with Crippen LogP contribution in [0.5, 0.6) is 17.2 Å². The summed E-state index contributed by atoms with van der Waals surface area (Å²) in [6.07, 6.45) is 2.80. The number of ether oxygens (including phenoxy) is 3. The van der Waals surface area contributed by atoms with Gasteiger partial charge in [0.25, 0.3) is 0 Å². The second-order valence-electron chi connectivity index (χ2n) is 6.86. The summed E-state index contributed by atoms with van der Waals surface area (Å²) in [5.74, 6) is 1.40. The lowest BCUT2D eigenvalue weighted by atomic mass is 9.84. The third kappa shape index (κ3) is 3.82. The molecule has 1 aliphatic carbocycles. The van der Waals surface area contributed by atoms with E-state index in [-0.39, 0.29) is 36.8 Å². The summed E-state index contributed by atoms with van der Waals surface area (Å²) in [5, 5.41) is 2.74. The molecule has 0 aromatic heterocycles. The Bertz CT molecular complexity index is 775. The number of amides is 2. The average Bonchev–Trinajstić information content (AvgIpc) is 3.26. The molecule has 1 atom stereocenters. The highest BCUT2D eigenvalue weighted by molar-refractivity contribution is 7.99. The largest absolute Gasteiger partial charge is 0.454 e. The lowest BCUT2D eigenvalue weighted by molar-refractivity contribution is -0.143. The number of fused-ring (bicyclic) bond motifs is 1. The van der Waals surface area contributed by atoms with Crippen LogP contribution in [0.25, 0.3) is 0 Å².